The van der Waals surface area contributed by atoms with Crippen LogP contribution in [0.1, 0.15) is 23.8 Å². The van der Waals surface area contributed by atoms with Gasteiger partial charge in [0.05, 0.1) is 11.5 Å². The minimum atomic E-state index is -3.00. The molecule has 1 saturated heterocycles. The fourth-order valence-electron chi connectivity index (χ4n) is 2.29. The summed E-state index contributed by atoms with van der Waals surface area (Å²) < 4.78 is 23.0. The molecular weight excluding hydrogens is 278 g/mol. The highest BCUT2D eigenvalue weighted by atomic mass is 32.2. The molecule has 2 heterocycles. The molecule has 6 nitrogen and oxygen atoms in total. The molecule has 0 bridgehead atoms. The van der Waals surface area contributed by atoms with Crippen molar-refractivity contribution in [2.24, 2.45) is 0 Å². The molecule has 1 atom stereocenters. The minimum absolute atomic E-state index is 0.0438. The number of aromatic nitrogens is 1. The van der Waals surface area contributed by atoms with Crippen LogP contribution < -0.4 is 5.32 Å². The van der Waals surface area contributed by atoms with E-state index in [4.69, 9.17) is 0 Å². The van der Waals surface area contributed by atoms with Crippen molar-refractivity contribution in [1.29, 1.82) is 0 Å². The molecule has 0 saturated carbocycles. The Morgan fingerprint density at radius 2 is 2.30 bits per heavy atom. The Kier molecular flexibility index (Phi) is 4.27. The van der Waals surface area contributed by atoms with E-state index in [0.29, 0.717) is 12.1 Å². The fraction of sp³-hybridized carbons (Fsp3) is 0.538. The lowest BCUT2D eigenvalue weighted by Gasteiger charge is -2.23. The predicted molar refractivity (Wildman–Crippen MR) is 77.6 cm³/mol. The molecule has 0 aliphatic carbocycles. The number of anilines is 1. The van der Waals surface area contributed by atoms with Gasteiger partial charge in [-0.05, 0) is 25.5 Å². The number of carbonyl (C=O) groups excluding carboxylic acids is 1. The average molecular weight is 297 g/mol. The van der Waals surface area contributed by atoms with Crippen LogP contribution in [0.3, 0.4) is 0 Å². The molecule has 1 aromatic heterocycles. The summed E-state index contributed by atoms with van der Waals surface area (Å²) in [6.45, 7) is 2.73. The molecule has 0 radical (unpaired) electrons. The molecule has 1 unspecified atom stereocenters. The van der Waals surface area contributed by atoms with Crippen LogP contribution in [0.2, 0.25) is 0 Å². The second kappa shape index (κ2) is 5.78. The molecule has 1 aliphatic heterocycles. The zero-order valence-electron chi connectivity index (χ0n) is 11.7. The van der Waals surface area contributed by atoms with Gasteiger partial charge in [-0.15, -0.1) is 0 Å². The van der Waals surface area contributed by atoms with Crippen LogP contribution in [0.15, 0.2) is 18.3 Å². The second-order valence-corrected chi connectivity index (χ2v) is 7.16. The van der Waals surface area contributed by atoms with Gasteiger partial charge in [-0.3, -0.25) is 9.78 Å². The predicted octanol–water partition coefficient (Wildman–Crippen LogP) is 0.772. The van der Waals surface area contributed by atoms with E-state index in [1.807, 2.05) is 6.92 Å². The van der Waals surface area contributed by atoms with E-state index in [2.05, 4.69) is 10.3 Å². The van der Waals surface area contributed by atoms with Crippen LogP contribution >= 0.6 is 0 Å². The number of nitrogens with one attached hydrogen (secondary N) is 1. The molecule has 110 valence electrons. The SMILES string of the molecule is CCNc1ccnc(C(=O)N(C)C2CCS(=O)(=O)C2)c1. The molecule has 1 amide bonds. The van der Waals surface area contributed by atoms with Crippen LogP contribution in [0.25, 0.3) is 0 Å². The molecule has 2 rings (SSSR count). The number of hydrogen-bond acceptors (Lipinski definition) is 5. The van der Waals surface area contributed by atoms with Crippen LogP contribution in [0.5, 0.6) is 0 Å². The maximum Gasteiger partial charge on any atom is 0.272 e. The van der Waals surface area contributed by atoms with Crippen molar-refractivity contribution >= 4 is 21.4 Å². The molecule has 1 aromatic rings. The van der Waals surface area contributed by atoms with Crippen molar-refractivity contribution in [2.45, 2.75) is 19.4 Å². The lowest BCUT2D eigenvalue weighted by molar-refractivity contribution is 0.0742. The minimum Gasteiger partial charge on any atom is -0.385 e. The van der Waals surface area contributed by atoms with Crippen LogP contribution in [0.4, 0.5) is 5.69 Å². The van der Waals surface area contributed by atoms with Gasteiger partial charge in [-0.25, -0.2) is 8.42 Å². The number of rotatable bonds is 4. The van der Waals surface area contributed by atoms with Gasteiger partial charge in [0.2, 0.25) is 0 Å². The Bertz CT molecular complexity index is 601. The lowest BCUT2D eigenvalue weighted by atomic mass is 10.2. The maximum atomic E-state index is 12.3. The second-order valence-electron chi connectivity index (χ2n) is 4.93. The van der Waals surface area contributed by atoms with E-state index in [0.717, 1.165) is 12.2 Å². The first kappa shape index (κ1) is 14.8. The molecular formula is C13H19N3O3S. The summed E-state index contributed by atoms with van der Waals surface area (Å²) in [7, 11) is -1.37. The van der Waals surface area contributed by atoms with E-state index in [1.165, 1.54) is 4.90 Å². The van der Waals surface area contributed by atoms with Gasteiger partial charge in [-0.2, -0.15) is 0 Å². The number of nitrogens with zero attached hydrogens (tertiary/aromatic N) is 2. The van der Waals surface area contributed by atoms with Gasteiger partial charge in [0.15, 0.2) is 9.84 Å². The quantitative estimate of drug-likeness (QED) is 0.888. The molecule has 20 heavy (non-hydrogen) atoms. The van der Waals surface area contributed by atoms with Crippen molar-refractivity contribution in [2.75, 3.05) is 30.4 Å². The first-order valence-electron chi connectivity index (χ1n) is 6.60. The van der Waals surface area contributed by atoms with E-state index in [9.17, 15) is 13.2 Å². The third-order valence-corrected chi connectivity index (χ3v) is 5.19. The summed E-state index contributed by atoms with van der Waals surface area (Å²) in [6, 6.07) is 3.23. The molecule has 7 heteroatoms. The summed E-state index contributed by atoms with van der Waals surface area (Å²) in [5, 5.41) is 3.12. The number of sulfone groups is 1. The zero-order chi connectivity index (χ0) is 14.8. The van der Waals surface area contributed by atoms with Crippen molar-refractivity contribution in [1.82, 2.24) is 9.88 Å². The molecule has 1 N–H and O–H groups in total. The summed E-state index contributed by atoms with van der Waals surface area (Å²) in [5.41, 5.74) is 1.16. The summed E-state index contributed by atoms with van der Waals surface area (Å²) in [4.78, 5) is 17.9. The van der Waals surface area contributed by atoms with Crippen LogP contribution in [0, 0.1) is 0 Å². The van der Waals surface area contributed by atoms with Gasteiger partial charge in [0, 0.05) is 31.5 Å². The van der Waals surface area contributed by atoms with Crippen LogP contribution in [-0.4, -0.2) is 55.3 Å². The summed E-state index contributed by atoms with van der Waals surface area (Å²) >= 11 is 0. The van der Waals surface area contributed by atoms with Crippen molar-refractivity contribution < 1.29 is 13.2 Å². The smallest absolute Gasteiger partial charge is 0.272 e. The molecule has 0 aromatic carbocycles. The largest absolute Gasteiger partial charge is 0.385 e. The number of hydrogen-bond donors (Lipinski definition) is 1. The summed E-state index contributed by atoms with van der Waals surface area (Å²) in [6.07, 6.45) is 2.07. The summed E-state index contributed by atoms with van der Waals surface area (Å²) in [5.74, 6) is -0.0469. The van der Waals surface area contributed by atoms with Gasteiger partial charge in [-0.1, -0.05) is 0 Å². The van der Waals surface area contributed by atoms with E-state index in [-0.39, 0.29) is 23.5 Å². The maximum absolute atomic E-state index is 12.3. The fourth-order valence-corrected chi connectivity index (χ4v) is 4.06. The Morgan fingerprint density at radius 1 is 1.55 bits per heavy atom. The monoisotopic (exact) mass is 297 g/mol. The van der Waals surface area contributed by atoms with E-state index < -0.39 is 9.84 Å². The third kappa shape index (κ3) is 3.27. The van der Waals surface area contributed by atoms with Crippen molar-refractivity contribution in [3.05, 3.63) is 24.0 Å². The Balaban J connectivity index is 2.12. The lowest BCUT2D eigenvalue weighted by Crippen LogP contribution is -2.38. The third-order valence-electron chi connectivity index (χ3n) is 3.44. The van der Waals surface area contributed by atoms with E-state index in [1.54, 1.807) is 25.4 Å². The molecule has 1 aliphatic rings. The topological polar surface area (TPSA) is 79.4 Å². The van der Waals surface area contributed by atoms with Crippen LogP contribution in [-0.2, 0) is 9.84 Å². The Morgan fingerprint density at radius 3 is 2.90 bits per heavy atom. The van der Waals surface area contributed by atoms with Gasteiger partial charge in [0.1, 0.15) is 5.69 Å². The normalized spacial score (nSPS) is 20.6. The highest BCUT2D eigenvalue weighted by molar-refractivity contribution is 7.91. The molecule has 0 spiro atoms. The first-order valence-corrected chi connectivity index (χ1v) is 8.42. The van der Waals surface area contributed by atoms with E-state index >= 15 is 0 Å². The highest BCUT2D eigenvalue weighted by Crippen LogP contribution is 2.18. The Labute approximate surface area is 119 Å². The molecule has 1 fully saturated rings. The standard InChI is InChI=1S/C13H19N3O3S/c1-3-14-10-4-6-15-12(8-10)13(17)16(2)11-5-7-20(18,19)9-11/h4,6,8,11H,3,5,7,9H2,1-2H3,(H,14,15). The number of pyridine rings is 1. The number of carbonyl (C=O) groups is 1. The van der Waals surface area contributed by atoms with Crippen molar-refractivity contribution in [3.8, 4) is 0 Å². The van der Waals surface area contributed by atoms with Gasteiger partial charge >= 0.3 is 0 Å². The average Bonchev–Trinajstić information content (AvgIpc) is 2.78. The van der Waals surface area contributed by atoms with Crippen molar-refractivity contribution in [3.63, 3.8) is 0 Å². The Hall–Kier alpha value is -1.63. The highest BCUT2D eigenvalue weighted by Gasteiger charge is 2.33. The van der Waals surface area contributed by atoms with Gasteiger partial charge < -0.3 is 10.2 Å². The van der Waals surface area contributed by atoms with Gasteiger partial charge in [0.25, 0.3) is 5.91 Å². The first-order chi connectivity index (χ1) is 9.43. The number of amides is 1. The zero-order valence-corrected chi connectivity index (χ0v) is 12.5.